The van der Waals surface area contributed by atoms with Gasteiger partial charge in [-0.15, -0.1) is 0 Å². The highest BCUT2D eigenvalue weighted by atomic mass is 16.6. The Bertz CT molecular complexity index is 999. The molecule has 2 heterocycles. The van der Waals surface area contributed by atoms with Crippen LogP contribution in [-0.2, 0) is 16.0 Å². The van der Waals surface area contributed by atoms with Gasteiger partial charge < -0.3 is 14.8 Å². The van der Waals surface area contributed by atoms with E-state index in [0.717, 1.165) is 16.5 Å². The van der Waals surface area contributed by atoms with Gasteiger partial charge in [0.2, 0.25) is 0 Å². The number of fused-ring (bicyclic) bond motifs is 3. The number of aromatic carboxylic acids is 1. The molecule has 7 heteroatoms. The van der Waals surface area contributed by atoms with Crippen LogP contribution in [-0.4, -0.2) is 37.6 Å². The van der Waals surface area contributed by atoms with Crippen molar-refractivity contribution in [2.24, 2.45) is 0 Å². The first-order valence-corrected chi connectivity index (χ1v) is 7.87. The van der Waals surface area contributed by atoms with Gasteiger partial charge in [0, 0.05) is 17.0 Å². The van der Waals surface area contributed by atoms with Crippen molar-refractivity contribution < 1.29 is 19.4 Å². The quantitative estimate of drug-likeness (QED) is 0.710. The van der Waals surface area contributed by atoms with Crippen molar-refractivity contribution in [3.05, 3.63) is 35.3 Å². The summed E-state index contributed by atoms with van der Waals surface area (Å²) in [5.74, 6) is -1.03. The van der Waals surface area contributed by atoms with Crippen LogP contribution >= 0.6 is 0 Å². The van der Waals surface area contributed by atoms with E-state index >= 15 is 0 Å². The van der Waals surface area contributed by atoms with Crippen LogP contribution in [0, 0.1) is 6.92 Å². The number of aromatic amines is 1. The van der Waals surface area contributed by atoms with E-state index in [-0.39, 0.29) is 12.0 Å². The lowest BCUT2D eigenvalue weighted by atomic mass is 10.1. The number of aromatic nitrogens is 3. The number of carbonyl (C=O) groups excluding carboxylic acids is 1. The molecule has 0 aliphatic rings. The van der Waals surface area contributed by atoms with Crippen molar-refractivity contribution >= 4 is 33.9 Å². The maximum Gasteiger partial charge on any atom is 0.335 e. The molecule has 0 saturated carbocycles. The molecule has 0 radical (unpaired) electrons. The molecule has 2 aromatic heterocycles. The predicted octanol–water partition coefficient (Wildman–Crippen LogP) is 3.00. The second-order valence-electron chi connectivity index (χ2n) is 6.96. The molecule has 0 bridgehead atoms. The lowest BCUT2D eigenvalue weighted by molar-refractivity contribution is -0.154. The Hall–Kier alpha value is -2.96. The second kappa shape index (κ2) is 5.84. The van der Waals surface area contributed by atoms with Gasteiger partial charge >= 0.3 is 11.9 Å². The zero-order valence-corrected chi connectivity index (χ0v) is 14.5. The maximum absolute atomic E-state index is 11.9. The van der Waals surface area contributed by atoms with Crippen LogP contribution in [0.3, 0.4) is 0 Å². The van der Waals surface area contributed by atoms with Gasteiger partial charge in [0.05, 0.1) is 11.1 Å². The Morgan fingerprint density at radius 1 is 1.24 bits per heavy atom. The van der Waals surface area contributed by atoms with E-state index in [4.69, 9.17) is 4.74 Å². The Kier molecular flexibility index (Phi) is 3.94. The Morgan fingerprint density at radius 3 is 2.60 bits per heavy atom. The molecule has 3 rings (SSSR count). The minimum absolute atomic E-state index is 0.0259. The first-order valence-electron chi connectivity index (χ1n) is 7.87. The highest BCUT2D eigenvalue weighted by Gasteiger charge is 2.18. The number of carboxylic acids is 1. The minimum Gasteiger partial charge on any atom is -0.478 e. The number of hydrogen-bond donors (Lipinski definition) is 2. The molecule has 130 valence electrons. The summed E-state index contributed by atoms with van der Waals surface area (Å²) in [6.45, 7) is 7.24. The average molecular weight is 341 g/mol. The van der Waals surface area contributed by atoms with Crippen molar-refractivity contribution in [3.63, 3.8) is 0 Å². The highest BCUT2D eigenvalue weighted by molar-refractivity contribution is 6.09. The van der Waals surface area contributed by atoms with Crippen molar-refractivity contribution in [1.29, 1.82) is 0 Å². The Labute approximate surface area is 144 Å². The summed E-state index contributed by atoms with van der Waals surface area (Å²) in [6.07, 6.45) is 1.58. The van der Waals surface area contributed by atoms with Crippen molar-refractivity contribution in [3.8, 4) is 0 Å². The van der Waals surface area contributed by atoms with Crippen LogP contribution in [0.15, 0.2) is 18.3 Å². The molecule has 7 nitrogen and oxygen atoms in total. The van der Waals surface area contributed by atoms with Gasteiger partial charge in [-0.2, -0.15) is 0 Å². The van der Waals surface area contributed by atoms with Crippen molar-refractivity contribution in [1.82, 2.24) is 15.0 Å². The molecular formula is C18H19N3O4. The number of carbonyl (C=O) groups is 2. The number of nitrogens with zero attached hydrogens (tertiary/aromatic N) is 2. The average Bonchev–Trinajstić information content (AvgIpc) is 2.83. The van der Waals surface area contributed by atoms with E-state index in [2.05, 4.69) is 15.0 Å². The van der Waals surface area contributed by atoms with E-state index in [1.807, 2.05) is 6.92 Å². The summed E-state index contributed by atoms with van der Waals surface area (Å²) in [4.78, 5) is 35.0. The molecule has 0 spiro atoms. The van der Waals surface area contributed by atoms with E-state index < -0.39 is 17.5 Å². The van der Waals surface area contributed by atoms with E-state index in [1.54, 1.807) is 39.1 Å². The number of benzene rings is 1. The standard InChI is InChI=1S/C18H19N3O4/c1-9-5-10(17(23)24)6-11-12-8-19-13(20-16(12)21-15(9)11)7-14(22)25-18(2,3)4/h5-6,8H,7H2,1-4H3,(H,23,24)(H,19,20,21). The van der Waals surface area contributed by atoms with E-state index in [1.165, 1.54) is 0 Å². The van der Waals surface area contributed by atoms with Gasteiger partial charge in [-0.05, 0) is 45.4 Å². The predicted molar refractivity (Wildman–Crippen MR) is 92.6 cm³/mol. The number of rotatable bonds is 3. The monoisotopic (exact) mass is 341 g/mol. The van der Waals surface area contributed by atoms with Crippen LogP contribution < -0.4 is 0 Å². The van der Waals surface area contributed by atoms with Crippen LogP contribution in [0.4, 0.5) is 0 Å². The third-order valence-electron chi connectivity index (χ3n) is 3.68. The fourth-order valence-corrected chi connectivity index (χ4v) is 2.71. The van der Waals surface area contributed by atoms with Gasteiger partial charge in [-0.3, -0.25) is 4.79 Å². The van der Waals surface area contributed by atoms with Gasteiger partial charge in [0.1, 0.15) is 23.5 Å². The number of aryl methyl sites for hydroxylation is 1. The first-order chi connectivity index (χ1) is 11.6. The summed E-state index contributed by atoms with van der Waals surface area (Å²) >= 11 is 0. The summed E-state index contributed by atoms with van der Waals surface area (Å²) in [7, 11) is 0. The number of hydrogen-bond acceptors (Lipinski definition) is 5. The molecule has 0 saturated heterocycles. The summed E-state index contributed by atoms with van der Waals surface area (Å²) in [5, 5.41) is 10.7. The minimum atomic E-state index is -0.984. The molecule has 0 fully saturated rings. The summed E-state index contributed by atoms with van der Waals surface area (Å²) in [5.41, 5.74) is 1.83. The fraction of sp³-hybridized carbons (Fsp3) is 0.333. The van der Waals surface area contributed by atoms with Gasteiger partial charge in [-0.25, -0.2) is 14.8 Å². The summed E-state index contributed by atoms with van der Waals surface area (Å²) in [6, 6.07) is 3.20. The van der Waals surface area contributed by atoms with E-state index in [9.17, 15) is 14.7 Å². The molecule has 3 aromatic rings. The number of nitrogens with one attached hydrogen (secondary N) is 1. The molecule has 0 amide bonds. The number of H-pyrrole nitrogens is 1. The topological polar surface area (TPSA) is 105 Å². The summed E-state index contributed by atoms with van der Waals surface area (Å²) < 4.78 is 5.28. The largest absolute Gasteiger partial charge is 0.478 e. The molecular weight excluding hydrogens is 322 g/mol. The zero-order valence-electron chi connectivity index (χ0n) is 14.5. The van der Waals surface area contributed by atoms with Gasteiger partial charge in [0.25, 0.3) is 0 Å². The smallest absolute Gasteiger partial charge is 0.335 e. The molecule has 25 heavy (non-hydrogen) atoms. The molecule has 1 aromatic carbocycles. The Morgan fingerprint density at radius 2 is 1.96 bits per heavy atom. The van der Waals surface area contributed by atoms with Gasteiger partial charge in [0.15, 0.2) is 0 Å². The lowest BCUT2D eigenvalue weighted by Crippen LogP contribution is -2.25. The SMILES string of the molecule is Cc1cc(C(=O)O)cc2c1[nH]c1nc(CC(=O)OC(C)(C)C)ncc12. The van der Waals surface area contributed by atoms with E-state index in [0.29, 0.717) is 16.9 Å². The van der Waals surface area contributed by atoms with Crippen LogP contribution in [0.5, 0.6) is 0 Å². The normalized spacial score (nSPS) is 11.8. The second-order valence-corrected chi connectivity index (χ2v) is 6.96. The van der Waals surface area contributed by atoms with Crippen molar-refractivity contribution in [2.45, 2.75) is 39.7 Å². The van der Waals surface area contributed by atoms with Gasteiger partial charge in [-0.1, -0.05) is 0 Å². The first kappa shape index (κ1) is 16.9. The third kappa shape index (κ3) is 3.45. The zero-order chi connectivity index (χ0) is 18.4. The molecule has 0 aliphatic carbocycles. The molecule has 0 aliphatic heterocycles. The number of carboxylic acid groups (broad SMARTS) is 1. The lowest BCUT2D eigenvalue weighted by Gasteiger charge is -2.19. The number of esters is 1. The van der Waals surface area contributed by atoms with Crippen LogP contribution in [0.25, 0.3) is 21.9 Å². The highest BCUT2D eigenvalue weighted by Crippen LogP contribution is 2.27. The molecule has 0 unspecified atom stereocenters. The molecule has 0 atom stereocenters. The fourth-order valence-electron chi connectivity index (χ4n) is 2.71. The van der Waals surface area contributed by atoms with Crippen molar-refractivity contribution in [2.75, 3.05) is 0 Å². The maximum atomic E-state index is 11.9. The third-order valence-corrected chi connectivity index (χ3v) is 3.68. The molecule has 2 N–H and O–H groups in total. The van der Waals surface area contributed by atoms with Crippen LogP contribution in [0.2, 0.25) is 0 Å². The Balaban J connectivity index is 2.01. The van der Waals surface area contributed by atoms with Crippen LogP contribution in [0.1, 0.15) is 42.5 Å². The number of ether oxygens (including phenoxy) is 1.